The van der Waals surface area contributed by atoms with Gasteiger partial charge in [0.15, 0.2) is 11.6 Å². The molecule has 0 radical (unpaired) electrons. The summed E-state index contributed by atoms with van der Waals surface area (Å²) in [6, 6.07) is 2.66. The minimum absolute atomic E-state index is 0.194. The second-order valence-electron chi connectivity index (χ2n) is 8.83. The molecule has 8 heteroatoms. The third kappa shape index (κ3) is 3.41. The number of amides is 1. The first-order chi connectivity index (χ1) is 13.2. The number of fused-ring (bicyclic) bond motifs is 1. The van der Waals surface area contributed by atoms with Crippen LogP contribution in [-0.4, -0.2) is 52.9 Å². The molecule has 0 N–H and O–H groups in total. The molecule has 0 bridgehead atoms. The first kappa shape index (κ1) is 19.3. The number of nitrogens with zero attached hydrogens (tertiary/aromatic N) is 4. The Hall–Kier alpha value is -2.01. The molecule has 2 aliphatic heterocycles. The van der Waals surface area contributed by atoms with Crippen molar-refractivity contribution in [2.45, 2.75) is 63.6 Å². The summed E-state index contributed by atoms with van der Waals surface area (Å²) in [6.07, 6.45) is 5.26. The van der Waals surface area contributed by atoms with E-state index in [9.17, 15) is 10.1 Å². The van der Waals surface area contributed by atoms with Crippen LogP contribution in [0.5, 0.6) is 5.75 Å². The lowest BCUT2D eigenvalue weighted by Crippen LogP contribution is -2.62. The van der Waals surface area contributed by atoms with Crippen LogP contribution in [0.1, 0.15) is 52.0 Å². The number of rotatable bonds is 1. The van der Waals surface area contributed by atoms with Crippen molar-refractivity contribution < 1.29 is 14.3 Å². The molecule has 150 valence electrons. The number of hydrogen-bond acceptors (Lipinski definition) is 6. The zero-order chi connectivity index (χ0) is 20.1. The summed E-state index contributed by atoms with van der Waals surface area (Å²) in [4.78, 5) is 21.2. The van der Waals surface area contributed by atoms with E-state index in [1.54, 1.807) is 11.1 Å². The number of anilines is 1. The Bertz CT molecular complexity index is 833. The highest BCUT2D eigenvalue weighted by molar-refractivity contribution is 9.10. The van der Waals surface area contributed by atoms with E-state index in [0.717, 1.165) is 31.5 Å². The molecule has 1 amide bonds. The Kier molecular flexibility index (Phi) is 4.69. The van der Waals surface area contributed by atoms with E-state index in [-0.39, 0.29) is 11.6 Å². The van der Waals surface area contributed by atoms with Crippen LogP contribution in [0.15, 0.2) is 10.7 Å². The van der Waals surface area contributed by atoms with E-state index in [1.165, 1.54) is 0 Å². The minimum Gasteiger partial charge on any atom is -0.486 e. The Morgan fingerprint density at radius 2 is 2.07 bits per heavy atom. The number of ether oxygens (including phenoxy) is 2. The fraction of sp³-hybridized carbons (Fsp3) is 0.650. The maximum atomic E-state index is 12.4. The molecular weight excluding hydrogens is 424 g/mol. The molecule has 3 heterocycles. The van der Waals surface area contributed by atoms with Gasteiger partial charge in [-0.3, -0.25) is 0 Å². The summed E-state index contributed by atoms with van der Waals surface area (Å²) in [5, 5.41) is 9.54. The molecule has 1 spiro atoms. The van der Waals surface area contributed by atoms with Gasteiger partial charge in [0.25, 0.3) is 0 Å². The predicted molar refractivity (Wildman–Crippen MR) is 107 cm³/mol. The Morgan fingerprint density at radius 3 is 2.64 bits per heavy atom. The van der Waals surface area contributed by atoms with E-state index in [2.05, 4.69) is 31.9 Å². The van der Waals surface area contributed by atoms with Crippen LogP contribution in [0.3, 0.4) is 0 Å². The van der Waals surface area contributed by atoms with Crippen LogP contribution < -0.4 is 9.64 Å². The lowest BCUT2D eigenvalue weighted by atomic mass is 9.85. The number of nitriles is 1. The summed E-state index contributed by atoms with van der Waals surface area (Å²) < 4.78 is 12.3. The van der Waals surface area contributed by atoms with E-state index in [4.69, 9.17) is 9.47 Å². The largest absolute Gasteiger partial charge is 0.486 e. The Balaban J connectivity index is 1.58. The fourth-order valence-electron chi connectivity index (χ4n) is 4.08. The second-order valence-corrected chi connectivity index (χ2v) is 9.68. The third-order valence-corrected chi connectivity index (χ3v) is 6.16. The lowest BCUT2D eigenvalue weighted by Gasteiger charge is -2.52. The highest BCUT2D eigenvalue weighted by Crippen LogP contribution is 2.49. The van der Waals surface area contributed by atoms with Crippen LogP contribution in [0.25, 0.3) is 0 Å². The molecular formula is C20H25BrN4O3. The van der Waals surface area contributed by atoms with Gasteiger partial charge < -0.3 is 19.3 Å². The van der Waals surface area contributed by atoms with Gasteiger partial charge in [-0.1, -0.05) is 0 Å². The number of aromatic nitrogens is 1. The first-order valence-corrected chi connectivity index (χ1v) is 10.5. The first-order valence-electron chi connectivity index (χ1n) is 9.73. The van der Waals surface area contributed by atoms with Gasteiger partial charge >= 0.3 is 6.09 Å². The number of carbonyl (C=O) groups is 1. The SMILES string of the molecule is CC(C)(C)OC(=O)N1CCC2(CC1)COc1c(ncc(Br)c1C#N)N2C1CC1. The van der Waals surface area contributed by atoms with Crippen LogP contribution >= 0.6 is 15.9 Å². The minimum atomic E-state index is -0.496. The molecule has 1 aromatic rings. The Morgan fingerprint density at radius 1 is 1.39 bits per heavy atom. The van der Waals surface area contributed by atoms with E-state index >= 15 is 0 Å². The predicted octanol–water partition coefficient (Wildman–Crippen LogP) is 3.85. The third-order valence-electron chi connectivity index (χ3n) is 5.56. The molecule has 1 saturated carbocycles. The van der Waals surface area contributed by atoms with Gasteiger partial charge in [-0.05, 0) is 62.4 Å². The van der Waals surface area contributed by atoms with E-state index in [1.807, 2.05) is 20.8 Å². The lowest BCUT2D eigenvalue weighted by molar-refractivity contribution is 0.0120. The van der Waals surface area contributed by atoms with Crippen molar-refractivity contribution in [3.05, 3.63) is 16.2 Å². The quantitative estimate of drug-likeness (QED) is 0.648. The van der Waals surface area contributed by atoms with Crippen molar-refractivity contribution in [1.29, 1.82) is 5.26 Å². The number of hydrogen-bond donors (Lipinski definition) is 0. The average molecular weight is 449 g/mol. The summed E-state index contributed by atoms with van der Waals surface area (Å²) in [5.41, 5.74) is -0.193. The van der Waals surface area contributed by atoms with Gasteiger partial charge in [0.1, 0.15) is 23.8 Å². The zero-order valence-corrected chi connectivity index (χ0v) is 18.1. The van der Waals surface area contributed by atoms with Crippen molar-refractivity contribution in [1.82, 2.24) is 9.88 Å². The molecule has 7 nitrogen and oxygen atoms in total. The van der Waals surface area contributed by atoms with E-state index < -0.39 is 5.60 Å². The molecule has 28 heavy (non-hydrogen) atoms. The number of pyridine rings is 1. The van der Waals surface area contributed by atoms with Crippen molar-refractivity contribution in [2.75, 3.05) is 24.6 Å². The van der Waals surface area contributed by atoms with Crippen molar-refractivity contribution in [3.63, 3.8) is 0 Å². The van der Waals surface area contributed by atoms with Gasteiger partial charge in [0, 0.05) is 25.3 Å². The van der Waals surface area contributed by atoms with Crippen molar-refractivity contribution in [3.8, 4) is 11.8 Å². The molecule has 0 unspecified atom stereocenters. The molecule has 1 aromatic heterocycles. The monoisotopic (exact) mass is 448 g/mol. The molecule has 4 rings (SSSR count). The standard InChI is InChI=1S/C20H25BrN4O3/c1-19(2,3)28-18(26)24-8-6-20(7-9-24)12-27-16-14(10-22)15(21)11-23-17(16)25(20)13-4-5-13/h11,13H,4-9,12H2,1-3H3. The number of likely N-dealkylation sites (tertiary alicyclic amines) is 1. The topological polar surface area (TPSA) is 78.7 Å². The molecule has 1 aliphatic carbocycles. The van der Waals surface area contributed by atoms with Crippen LogP contribution in [0.2, 0.25) is 0 Å². The summed E-state index contributed by atoms with van der Waals surface area (Å²) in [5.74, 6) is 1.34. The second kappa shape index (κ2) is 6.80. The van der Waals surface area contributed by atoms with Gasteiger partial charge in [0.2, 0.25) is 0 Å². The van der Waals surface area contributed by atoms with Crippen molar-refractivity contribution in [2.24, 2.45) is 0 Å². The van der Waals surface area contributed by atoms with Crippen LogP contribution in [0.4, 0.5) is 10.6 Å². The molecule has 3 aliphatic rings. The molecule has 0 atom stereocenters. The highest BCUT2D eigenvalue weighted by Gasteiger charge is 2.51. The van der Waals surface area contributed by atoms with E-state index in [0.29, 0.717) is 41.5 Å². The van der Waals surface area contributed by atoms with Crippen molar-refractivity contribution >= 4 is 27.8 Å². The van der Waals surface area contributed by atoms with Crippen LogP contribution in [-0.2, 0) is 4.74 Å². The Labute approximate surface area is 173 Å². The van der Waals surface area contributed by atoms with Gasteiger partial charge in [-0.2, -0.15) is 5.26 Å². The summed E-state index contributed by atoms with van der Waals surface area (Å²) >= 11 is 3.40. The van der Waals surface area contributed by atoms with Gasteiger partial charge in [-0.25, -0.2) is 9.78 Å². The number of halogens is 1. The molecule has 0 aromatic carbocycles. The maximum Gasteiger partial charge on any atom is 0.410 e. The number of carbonyl (C=O) groups excluding carboxylic acids is 1. The zero-order valence-electron chi connectivity index (χ0n) is 16.5. The number of piperidine rings is 1. The average Bonchev–Trinajstić information content (AvgIpc) is 3.45. The summed E-state index contributed by atoms with van der Waals surface area (Å²) in [7, 11) is 0. The van der Waals surface area contributed by atoms with Gasteiger partial charge in [-0.15, -0.1) is 0 Å². The molecule has 2 fully saturated rings. The maximum absolute atomic E-state index is 12.4. The normalized spacial score (nSPS) is 21.0. The molecule has 1 saturated heterocycles. The fourth-order valence-corrected chi connectivity index (χ4v) is 4.46. The highest BCUT2D eigenvalue weighted by atomic mass is 79.9. The smallest absolute Gasteiger partial charge is 0.410 e. The van der Waals surface area contributed by atoms with Gasteiger partial charge in [0.05, 0.1) is 10.0 Å². The van der Waals surface area contributed by atoms with Crippen LogP contribution in [0, 0.1) is 11.3 Å². The summed E-state index contributed by atoms with van der Waals surface area (Å²) in [6.45, 7) is 7.40.